The fourth-order valence-corrected chi connectivity index (χ4v) is 2.83. The Labute approximate surface area is 123 Å². The Kier molecular flexibility index (Phi) is 3.79. The van der Waals surface area contributed by atoms with Crippen LogP contribution >= 0.6 is 0 Å². The predicted octanol–water partition coefficient (Wildman–Crippen LogP) is 0.242. The van der Waals surface area contributed by atoms with Gasteiger partial charge in [-0.15, -0.1) is 0 Å². The van der Waals surface area contributed by atoms with Gasteiger partial charge in [0.25, 0.3) is 5.91 Å². The number of benzene rings is 1. The van der Waals surface area contributed by atoms with Crippen LogP contribution in [0.1, 0.15) is 15.9 Å². The smallest absolute Gasteiger partial charge is 0.254 e. The molecular formula is C15H19N3O3. The van der Waals surface area contributed by atoms with Crippen LogP contribution in [0.4, 0.5) is 5.69 Å². The molecule has 0 aromatic heterocycles. The Bertz CT molecular complexity index is 573. The maximum Gasteiger partial charge on any atom is 0.254 e. The zero-order valence-corrected chi connectivity index (χ0v) is 12.0. The van der Waals surface area contributed by atoms with Crippen LogP contribution in [-0.2, 0) is 16.0 Å². The topological polar surface area (TPSA) is 70.7 Å². The van der Waals surface area contributed by atoms with Crippen molar-refractivity contribution >= 4 is 17.5 Å². The van der Waals surface area contributed by atoms with Gasteiger partial charge in [-0.05, 0) is 30.2 Å². The number of rotatable bonds is 2. The molecule has 0 bridgehead atoms. The minimum absolute atomic E-state index is 0.110. The minimum Gasteiger partial charge on any atom is -0.384 e. The highest BCUT2D eigenvalue weighted by Gasteiger charge is 2.33. The molecule has 112 valence electrons. The first-order valence-electron chi connectivity index (χ1n) is 7.18. The van der Waals surface area contributed by atoms with Crippen molar-refractivity contribution in [1.29, 1.82) is 0 Å². The van der Waals surface area contributed by atoms with Crippen LogP contribution in [0.25, 0.3) is 0 Å². The van der Waals surface area contributed by atoms with E-state index in [1.54, 1.807) is 11.9 Å². The van der Waals surface area contributed by atoms with E-state index in [-0.39, 0.29) is 18.4 Å². The number of carbonyl (C=O) groups excluding carboxylic acids is 2. The monoisotopic (exact) mass is 289 g/mol. The van der Waals surface area contributed by atoms with Crippen molar-refractivity contribution in [3.63, 3.8) is 0 Å². The Morgan fingerprint density at radius 3 is 3.10 bits per heavy atom. The molecule has 1 atom stereocenters. The third-order valence-corrected chi connectivity index (χ3v) is 4.00. The molecule has 1 aromatic rings. The number of morpholine rings is 1. The van der Waals surface area contributed by atoms with Crippen LogP contribution in [-0.4, -0.2) is 56.1 Å². The van der Waals surface area contributed by atoms with Crippen molar-refractivity contribution in [3.05, 3.63) is 29.3 Å². The highest BCUT2D eigenvalue weighted by atomic mass is 16.5. The van der Waals surface area contributed by atoms with E-state index >= 15 is 0 Å². The first-order chi connectivity index (χ1) is 10.2. The summed E-state index contributed by atoms with van der Waals surface area (Å²) in [4.78, 5) is 26.2. The van der Waals surface area contributed by atoms with Crippen LogP contribution in [0.15, 0.2) is 18.2 Å². The third kappa shape index (κ3) is 2.58. The van der Waals surface area contributed by atoms with Gasteiger partial charge in [0.15, 0.2) is 0 Å². The summed E-state index contributed by atoms with van der Waals surface area (Å²) in [5.41, 5.74) is 2.88. The number of likely N-dealkylation sites (N-methyl/N-ethyl adjacent to an activating group) is 1. The summed E-state index contributed by atoms with van der Waals surface area (Å²) in [6.07, 6.45) is 0.929. The van der Waals surface area contributed by atoms with Gasteiger partial charge in [-0.2, -0.15) is 0 Å². The van der Waals surface area contributed by atoms with Crippen LogP contribution in [0.3, 0.4) is 0 Å². The zero-order valence-electron chi connectivity index (χ0n) is 12.0. The van der Waals surface area contributed by atoms with Gasteiger partial charge in [0.1, 0.15) is 6.04 Å². The largest absolute Gasteiger partial charge is 0.384 e. The van der Waals surface area contributed by atoms with Crippen molar-refractivity contribution in [2.24, 2.45) is 0 Å². The van der Waals surface area contributed by atoms with Gasteiger partial charge in [0.2, 0.25) is 5.91 Å². The maximum absolute atomic E-state index is 12.7. The SMILES string of the molecule is CNC(=O)C1COCCN1C(=O)c1ccc2c(c1)CCN2. The van der Waals surface area contributed by atoms with Gasteiger partial charge in [0, 0.05) is 31.4 Å². The van der Waals surface area contributed by atoms with Crippen LogP contribution in [0.2, 0.25) is 0 Å². The molecule has 2 aliphatic heterocycles. The molecule has 21 heavy (non-hydrogen) atoms. The van der Waals surface area contributed by atoms with Crippen LogP contribution in [0, 0.1) is 0 Å². The van der Waals surface area contributed by atoms with E-state index in [9.17, 15) is 9.59 Å². The van der Waals surface area contributed by atoms with E-state index in [2.05, 4.69) is 10.6 Å². The molecule has 6 nitrogen and oxygen atoms in total. The maximum atomic E-state index is 12.7. The van der Waals surface area contributed by atoms with E-state index in [0.29, 0.717) is 18.7 Å². The normalized spacial score (nSPS) is 20.6. The molecule has 0 aliphatic carbocycles. The lowest BCUT2D eigenvalue weighted by Gasteiger charge is -2.34. The summed E-state index contributed by atoms with van der Waals surface area (Å²) in [5.74, 6) is -0.299. The summed E-state index contributed by atoms with van der Waals surface area (Å²) >= 11 is 0. The summed E-state index contributed by atoms with van der Waals surface area (Å²) in [6, 6.07) is 5.12. The van der Waals surface area contributed by atoms with E-state index in [4.69, 9.17) is 4.74 Å². The van der Waals surface area contributed by atoms with Crippen molar-refractivity contribution in [2.45, 2.75) is 12.5 Å². The average molecular weight is 289 g/mol. The first-order valence-corrected chi connectivity index (χ1v) is 7.18. The second-order valence-corrected chi connectivity index (χ2v) is 5.25. The summed E-state index contributed by atoms with van der Waals surface area (Å²) < 4.78 is 5.33. The number of anilines is 1. The number of hydrogen-bond donors (Lipinski definition) is 2. The molecule has 2 aliphatic rings. The lowest BCUT2D eigenvalue weighted by Crippen LogP contribution is -2.55. The van der Waals surface area contributed by atoms with Crippen LogP contribution in [0.5, 0.6) is 0 Å². The first kappa shape index (κ1) is 13.9. The van der Waals surface area contributed by atoms with Crippen molar-refractivity contribution in [2.75, 3.05) is 38.7 Å². The molecule has 2 heterocycles. The Balaban J connectivity index is 1.84. The summed E-state index contributed by atoms with van der Waals surface area (Å²) in [7, 11) is 1.57. The molecule has 6 heteroatoms. The Hall–Kier alpha value is -2.08. The van der Waals surface area contributed by atoms with Crippen molar-refractivity contribution < 1.29 is 14.3 Å². The molecule has 1 saturated heterocycles. The summed E-state index contributed by atoms with van der Waals surface area (Å²) in [5, 5.41) is 5.86. The van der Waals surface area contributed by atoms with Gasteiger partial charge >= 0.3 is 0 Å². The molecule has 1 fully saturated rings. The average Bonchev–Trinajstić information content (AvgIpc) is 3.01. The molecule has 0 spiro atoms. The van der Waals surface area contributed by atoms with E-state index in [0.717, 1.165) is 24.2 Å². The second-order valence-electron chi connectivity index (χ2n) is 5.25. The predicted molar refractivity (Wildman–Crippen MR) is 78.3 cm³/mol. The lowest BCUT2D eigenvalue weighted by molar-refractivity contribution is -0.130. The van der Waals surface area contributed by atoms with Gasteiger partial charge in [-0.1, -0.05) is 0 Å². The van der Waals surface area contributed by atoms with Gasteiger partial charge in [0.05, 0.1) is 13.2 Å². The van der Waals surface area contributed by atoms with Crippen LogP contribution < -0.4 is 10.6 Å². The van der Waals surface area contributed by atoms with E-state index < -0.39 is 6.04 Å². The second kappa shape index (κ2) is 5.73. The van der Waals surface area contributed by atoms with Crippen molar-refractivity contribution in [3.8, 4) is 0 Å². The lowest BCUT2D eigenvalue weighted by atomic mass is 10.1. The molecule has 3 rings (SSSR count). The zero-order chi connectivity index (χ0) is 14.8. The fraction of sp³-hybridized carbons (Fsp3) is 0.467. The van der Waals surface area contributed by atoms with Crippen molar-refractivity contribution in [1.82, 2.24) is 10.2 Å². The highest BCUT2D eigenvalue weighted by molar-refractivity contribution is 5.98. The number of hydrogen-bond acceptors (Lipinski definition) is 4. The minimum atomic E-state index is -0.553. The third-order valence-electron chi connectivity index (χ3n) is 4.00. The van der Waals surface area contributed by atoms with E-state index in [1.807, 2.05) is 18.2 Å². The number of nitrogens with one attached hydrogen (secondary N) is 2. The summed E-state index contributed by atoms with van der Waals surface area (Å²) in [6.45, 7) is 2.06. The number of amides is 2. The van der Waals surface area contributed by atoms with E-state index in [1.165, 1.54) is 0 Å². The molecule has 2 amide bonds. The molecule has 0 saturated carbocycles. The standard InChI is InChI=1S/C15H19N3O3/c1-16-14(19)13-9-21-7-6-18(13)15(20)11-2-3-12-10(8-11)4-5-17-12/h2-3,8,13,17H,4-7,9H2,1H3,(H,16,19). The quantitative estimate of drug-likeness (QED) is 0.818. The van der Waals surface area contributed by atoms with Gasteiger partial charge in [-0.25, -0.2) is 0 Å². The number of carbonyl (C=O) groups is 2. The van der Waals surface area contributed by atoms with Gasteiger partial charge in [-0.3, -0.25) is 9.59 Å². The fourth-order valence-electron chi connectivity index (χ4n) is 2.83. The number of ether oxygens (including phenoxy) is 1. The molecule has 1 unspecified atom stereocenters. The Morgan fingerprint density at radius 2 is 2.29 bits per heavy atom. The van der Waals surface area contributed by atoms with Gasteiger partial charge < -0.3 is 20.3 Å². The molecule has 0 radical (unpaired) electrons. The number of nitrogens with zero attached hydrogens (tertiary/aromatic N) is 1. The molecule has 1 aromatic carbocycles. The number of fused-ring (bicyclic) bond motifs is 1. The highest BCUT2D eigenvalue weighted by Crippen LogP contribution is 2.24. The Morgan fingerprint density at radius 1 is 1.43 bits per heavy atom. The molecule has 2 N–H and O–H groups in total. The molecular weight excluding hydrogens is 270 g/mol.